The van der Waals surface area contributed by atoms with Gasteiger partial charge in [-0.05, 0) is 42.5 Å². The number of benzene rings is 1. The zero-order chi connectivity index (χ0) is 27.1. The maximum atomic E-state index is 13.4. The van der Waals surface area contributed by atoms with Crippen LogP contribution in [0.1, 0.15) is 49.7 Å². The van der Waals surface area contributed by atoms with Gasteiger partial charge in [-0.25, -0.2) is 0 Å². The average Bonchev–Trinajstić information content (AvgIpc) is 3.52. The van der Waals surface area contributed by atoms with E-state index >= 15 is 0 Å². The minimum atomic E-state index is -0.893. The van der Waals surface area contributed by atoms with Crippen molar-refractivity contribution in [3.63, 3.8) is 0 Å². The van der Waals surface area contributed by atoms with Crippen molar-refractivity contribution in [1.29, 1.82) is 0 Å². The van der Waals surface area contributed by atoms with Crippen molar-refractivity contribution in [1.82, 2.24) is 14.4 Å². The first kappa shape index (κ1) is 27.9. The molecule has 9 heteroatoms. The summed E-state index contributed by atoms with van der Waals surface area (Å²) in [5.74, 6) is -1.10. The quantitative estimate of drug-likeness (QED) is 0.413. The number of unbranched alkanes of at least 4 members (excludes halogenated alkanes) is 1. The zero-order valence-corrected chi connectivity index (χ0v) is 22.1. The van der Waals surface area contributed by atoms with Crippen LogP contribution >= 0.6 is 0 Å². The third-order valence-corrected chi connectivity index (χ3v) is 7.80. The summed E-state index contributed by atoms with van der Waals surface area (Å²) < 4.78 is 7.24. The highest BCUT2D eigenvalue weighted by atomic mass is 16.5. The molecule has 206 valence electrons. The van der Waals surface area contributed by atoms with Gasteiger partial charge in [0.1, 0.15) is 5.75 Å². The van der Waals surface area contributed by atoms with Crippen LogP contribution in [-0.4, -0.2) is 81.9 Å². The van der Waals surface area contributed by atoms with Crippen LogP contribution in [-0.2, 0) is 22.6 Å². The Hall–Kier alpha value is -3.17. The molecule has 0 aliphatic carbocycles. The molecule has 1 aromatic heterocycles. The monoisotopic (exact) mass is 525 g/mol. The molecule has 0 saturated carbocycles. The SMILES string of the molecule is CCCCN(CCCO)C(=O)CN1CC(c2ccc3c(c2)CCO3)C(C(=O)O)C1CCn1ccccc1=O. The molecule has 2 N–H and O–H groups in total. The number of aromatic nitrogens is 1. The van der Waals surface area contributed by atoms with Gasteiger partial charge in [0, 0.05) is 63.4 Å². The molecule has 3 atom stereocenters. The average molecular weight is 526 g/mol. The van der Waals surface area contributed by atoms with E-state index in [0.29, 0.717) is 45.6 Å². The highest BCUT2D eigenvalue weighted by Gasteiger charge is 2.47. The first-order chi connectivity index (χ1) is 18.4. The van der Waals surface area contributed by atoms with Gasteiger partial charge in [-0.15, -0.1) is 0 Å². The van der Waals surface area contributed by atoms with E-state index in [9.17, 15) is 24.6 Å². The van der Waals surface area contributed by atoms with E-state index in [0.717, 1.165) is 36.1 Å². The van der Waals surface area contributed by atoms with Gasteiger partial charge in [0.2, 0.25) is 11.5 Å². The summed E-state index contributed by atoms with van der Waals surface area (Å²) >= 11 is 0. The van der Waals surface area contributed by atoms with E-state index in [1.165, 1.54) is 6.07 Å². The number of carbonyl (C=O) groups excluding carboxylic acids is 1. The number of rotatable bonds is 13. The van der Waals surface area contributed by atoms with Crippen LogP contribution < -0.4 is 10.3 Å². The lowest BCUT2D eigenvalue weighted by Gasteiger charge is -2.30. The van der Waals surface area contributed by atoms with Crippen LogP contribution in [0.5, 0.6) is 5.75 Å². The molecule has 1 aromatic carbocycles. The van der Waals surface area contributed by atoms with Gasteiger partial charge < -0.3 is 24.4 Å². The number of nitrogens with zero attached hydrogens (tertiary/aromatic N) is 3. The minimum Gasteiger partial charge on any atom is -0.493 e. The van der Waals surface area contributed by atoms with Crippen LogP contribution in [0.25, 0.3) is 0 Å². The topological polar surface area (TPSA) is 112 Å². The highest BCUT2D eigenvalue weighted by molar-refractivity contribution is 5.79. The van der Waals surface area contributed by atoms with Crippen molar-refractivity contribution in [2.75, 3.05) is 39.4 Å². The number of likely N-dealkylation sites (tertiary alicyclic amines) is 1. The van der Waals surface area contributed by atoms with Gasteiger partial charge in [-0.2, -0.15) is 0 Å². The number of carbonyl (C=O) groups is 2. The molecule has 2 aliphatic heterocycles. The van der Waals surface area contributed by atoms with Crippen LogP contribution in [0.4, 0.5) is 0 Å². The molecule has 0 bridgehead atoms. The van der Waals surface area contributed by atoms with Crippen LogP contribution in [0.15, 0.2) is 47.4 Å². The van der Waals surface area contributed by atoms with E-state index in [1.54, 1.807) is 27.8 Å². The van der Waals surface area contributed by atoms with Gasteiger partial charge >= 0.3 is 5.97 Å². The normalized spacial score (nSPS) is 20.7. The summed E-state index contributed by atoms with van der Waals surface area (Å²) in [7, 11) is 0. The van der Waals surface area contributed by atoms with Gasteiger partial charge in [0.25, 0.3) is 0 Å². The molecule has 3 unspecified atom stereocenters. The standard InChI is InChI=1S/C29H39N3O6/c1-2-3-12-30(14-6-16-33)27(35)20-32-19-23(21-8-9-25-22(18-21)11-17-38-25)28(29(36)37)24(32)10-15-31-13-5-4-7-26(31)34/h4-5,7-9,13,18,23-24,28,33H,2-3,6,10-12,14-17,19-20H2,1H3,(H,36,37). The third-order valence-electron chi connectivity index (χ3n) is 7.80. The van der Waals surface area contributed by atoms with E-state index in [4.69, 9.17) is 4.74 Å². The Morgan fingerprint density at radius 2 is 1.97 bits per heavy atom. The first-order valence-corrected chi connectivity index (χ1v) is 13.7. The molecule has 38 heavy (non-hydrogen) atoms. The van der Waals surface area contributed by atoms with Crippen LogP contribution in [0.3, 0.4) is 0 Å². The van der Waals surface area contributed by atoms with Crippen LogP contribution in [0.2, 0.25) is 0 Å². The first-order valence-electron chi connectivity index (χ1n) is 13.7. The van der Waals surface area contributed by atoms with E-state index < -0.39 is 17.9 Å². The molecule has 2 aliphatic rings. The zero-order valence-electron chi connectivity index (χ0n) is 22.1. The molecular formula is C29H39N3O6. The van der Waals surface area contributed by atoms with Crippen molar-refractivity contribution in [2.45, 2.75) is 57.5 Å². The van der Waals surface area contributed by atoms with Gasteiger partial charge in [0.05, 0.1) is 19.1 Å². The Balaban J connectivity index is 1.61. The van der Waals surface area contributed by atoms with E-state index in [2.05, 4.69) is 13.0 Å². The largest absolute Gasteiger partial charge is 0.493 e. The third kappa shape index (κ3) is 6.45. The van der Waals surface area contributed by atoms with E-state index in [-0.39, 0.29) is 30.5 Å². The molecule has 1 amide bonds. The molecule has 0 radical (unpaired) electrons. The Labute approximate surface area is 223 Å². The maximum absolute atomic E-state index is 13.4. The number of carboxylic acids is 1. The number of aliphatic hydroxyl groups excluding tert-OH is 1. The fraction of sp³-hybridized carbons (Fsp3) is 0.552. The molecule has 4 rings (SSSR count). The maximum Gasteiger partial charge on any atom is 0.308 e. The van der Waals surface area contributed by atoms with Crippen molar-refractivity contribution >= 4 is 11.9 Å². The lowest BCUT2D eigenvalue weighted by Crippen LogP contribution is -2.45. The number of hydrogen-bond donors (Lipinski definition) is 2. The number of carboxylic acid groups (broad SMARTS) is 1. The molecule has 0 spiro atoms. The molecule has 3 heterocycles. The second-order valence-electron chi connectivity index (χ2n) is 10.3. The number of ether oxygens (including phenoxy) is 1. The molecule has 1 fully saturated rings. The number of amides is 1. The summed E-state index contributed by atoms with van der Waals surface area (Å²) in [6, 6.07) is 10.5. The van der Waals surface area contributed by atoms with Crippen molar-refractivity contribution < 1.29 is 24.5 Å². The second-order valence-corrected chi connectivity index (χ2v) is 10.3. The van der Waals surface area contributed by atoms with Crippen LogP contribution in [0, 0.1) is 5.92 Å². The fourth-order valence-electron chi connectivity index (χ4n) is 5.79. The number of aliphatic hydroxyl groups is 1. The fourth-order valence-corrected chi connectivity index (χ4v) is 5.79. The Morgan fingerprint density at radius 1 is 1.16 bits per heavy atom. The number of aliphatic carboxylic acids is 1. The number of hydrogen-bond acceptors (Lipinski definition) is 6. The summed E-state index contributed by atoms with van der Waals surface area (Å²) in [5.41, 5.74) is 1.90. The highest BCUT2D eigenvalue weighted by Crippen LogP contribution is 2.41. The van der Waals surface area contributed by atoms with Crippen molar-refractivity contribution in [2.24, 2.45) is 5.92 Å². The number of aryl methyl sites for hydroxylation is 1. The van der Waals surface area contributed by atoms with Crippen molar-refractivity contribution in [3.8, 4) is 5.75 Å². The molecule has 1 saturated heterocycles. The summed E-state index contributed by atoms with van der Waals surface area (Å²) in [5, 5.41) is 19.7. The van der Waals surface area contributed by atoms with Gasteiger partial charge in [-0.3, -0.25) is 19.3 Å². The Bertz CT molecular complexity index is 1160. The molecular weight excluding hydrogens is 486 g/mol. The Kier molecular flexibility index (Phi) is 9.58. The lowest BCUT2D eigenvalue weighted by molar-refractivity contribution is -0.144. The molecule has 2 aromatic rings. The van der Waals surface area contributed by atoms with Gasteiger partial charge in [0.15, 0.2) is 0 Å². The predicted octanol–water partition coefficient (Wildman–Crippen LogP) is 2.35. The summed E-state index contributed by atoms with van der Waals surface area (Å²) in [6.45, 7) is 4.72. The summed E-state index contributed by atoms with van der Waals surface area (Å²) in [4.78, 5) is 42.3. The van der Waals surface area contributed by atoms with E-state index in [1.807, 2.05) is 17.0 Å². The number of fused-ring (bicyclic) bond motifs is 1. The predicted molar refractivity (Wildman–Crippen MR) is 143 cm³/mol. The molecule has 9 nitrogen and oxygen atoms in total. The van der Waals surface area contributed by atoms with Crippen molar-refractivity contribution in [3.05, 3.63) is 64.1 Å². The minimum absolute atomic E-state index is 0.0132. The second kappa shape index (κ2) is 13.1. The Morgan fingerprint density at radius 3 is 2.71 bits per heavy atom. The lowest BCUT2D eigenvalue weighted by atomic mass is 9.83. The summed E-state index contributed by atoms with van der Waals surface area (Å²) in [6.07, 6.45) is 5.27. The smallest absolute Gasteiger partial charge is 0.308 e. The van der Waals surface area contributed by atoms with Gasteiger partial charge in [-0.1, -0.05) is 31.5 Å². The number of pyridine rings is 1.